The summed E-state index contributed by atoms with van der Waals surface area (Å²) in [6.45, 7) is 0. The summed E-state index contributed by atoms with van der Waals surface area (Å²) in [6.07, 6.45) is -0.0824. The van der Waals surface area contributed by atoms with E-state index in [2.05, 4.69) is 0 Å². The van der Waals surface area contributed by atoms with Crippen molar-refractivity contribution in [3.8, 4) is 0 Å². The summed E-state index contributed by atoms with van der Waals surface area (Å²) >= 11 is 0. The molecule has 9 heteroatoms. The van der Waals surface area contributed by atoms with E-state index in [1.165, 1.54) is 0 Å². The highest BCUT2D eigenvalue weighted by Gasteiger charge is 2.32. The number of nitrogens with two attached hydrogens (primary N) is 1. The summed E-state index contributed by atoms with van der Waals surface area (Å²) in [7, 11) is 0. The van der Waals surface area contributed by atoms with Crippen LogP contribution in [0.3, 0.4) is 0 Å². The molecule has 0 aromatic heterocycles. The van der Waals surface area contributed by atoms with Gasteiger partial charge in [-0.25, -0.2) is 4.79 Å². The largest absolute Gasteiger partial charge is 0.478 e. The van der Waals surface area contributed by atoms with Gasteiger partial charge < -0.3 is 10.8 Å². The summed E-state index contributed by atoms with van der Waals surface area (Å²) in [5.41, 5.74) is 3.26. The lowest BCUT2D eigenvalue weighted by atomic mass is 9.96. The summed E-state index contributed by atoms with van der Waals surface area (Å²) in [6, 6.07) is 9.19. The Morgan fingerprint density at radius 3 is 2.22 bits per heavy atom. The highest BCUT2D eigenvalue weighted by molar-refractivity contribution is 5.95. The molecule has 0 saturated carbocycles. The average molecular weight is 317 g/mol. The smallest absolute Gasteiger partial charge is 0.336 e. The Labute approximate surface area is 129 Å². The van der Waals surface area contributed by atoms with Crippen molar-refractivity contribution >= 4 is 23.0 Å². The number of nitro groups is 2. The molecule has 0 spiro atoms. The fourth-order valence-corrected chi connectivity index (χ4v) is 2.24. The number of carbonyl (C=O) groups is 1. The molecule has 23 heavy (non-hydrogen) atoms. The van der Waals surface area contributed by atoms with Gasteiger partial charge in [-0.1, -0.05) is 30.3 Å². The van der Waals surface area contributed by atoms with E-state index in [-0.39, 0.29) is 12.0 Å². The Morgan fingerprint density at radius 2 is 1.74 bits per heavy atom. The van der Waals surface area contributed by atoms with Gasteiger partial charge in [0.05, 0.1) is 21.0 Å². The molecule has 0 unspecified atom stereocenters. The van der Waals surface area contributed by atoms with Gasteiger partial charge in [0.15, 0.2) is 5.69 Å². The van der Waals surface area contributed by atoms with Crippen molar-refractivity contribution < 1.29 is 19.7 Å². The van der Waals surface area contributed by atoms with Gasteiger partial charge in [-0.05, 0) is 5.56 Å². The number of hydrogen-bond acceptors (Lipinski definition) is 6. The summed E-state index contributed by atoms with van der Waals surface area (Å²) in [4.78, 5) is 31.8. The van der Waals surface area contributed by atoms with Crippen LogP contribution in [0.4, 0.5) is 17.1 Å². The zero-order valence-corrected chi connectivity index (χ0v) is 11.6. The van der Waals surface area contributed by atoms with Gasteiger partial charge in [0.1, 0.15) is 0 Å². The van der Waals surface area contributed by atoms with Crippen molar-refractivity contribution in [2.75, 3.05) is 5.73 Å². The molecule has 2 rings (SSSR count). The van der Waals surface area contributed by atoms with Gasteiger partial charge in [-0.2, -0.15) is 0 Å². The van der Waals surface area contributed by atoms with Crippen LogP contribution in [-0.2, 0) is 6.42 Å². The van der Waals surface area contributed by atoms with Gasteiger partial charge in [0.25, 0.3) is 5.69 Å². The lowest BCUT2D eigenvalue weighted by Crippen LogP contribution is -2.11. The molecule has 0 saturated heterocycles. The summed E-state index contributed by atoms with van der Waals surface area (Å²) < 4.78 is 0. The summed E-state index contributed by atoms with van der Waals surface area (Å²) in [5.74, 6) is -1.50. The molecule has 0 aliphatic rings. The number of carboxylic acid groups (broad SMARTS) is 1. The number of nitrogens with zero attached hydrogens (tertiary/aromatic N) is 2. The minimum Gasteiger partial charge on any atom is -0.478 e. The minimum absolute atomic E-state index is 0.0824. The number of aromatic carboxylic acids is 1. The van der Waals surface area contributed by atoms with Crippen LogP contribution in [0.15, 0.2) is 36.4 Å². The average Bonchev–Trinajstić information content (AvgIpc) is 2.47. The number of carboxylic acids is 1. The second-order valence-electron chi connectivity index (χ2n) is 4.67. The molecule has 0 bridgehead atoms. The van der Waals surface area contributed by atoms with Crippen LogP contribution < -0.4 is 5.73 Å². The molecule has 0 aliphatic heterocycles. The molecule has 0 amide bonds. The van der Waals surface area contributed by atoms with Crippen LogP contribution >= 0.6 is 0 Å². The van der Waals surface area contributed by atoms with Crippen molar-refractivity contribution in [1.29, 1.82) is 0 Å². The molecule has 0 atom stereocenters. The molecule has 3 N–H and O–H groups in total. The number of hydrogen-bond donors (Lipinski definition) is 2. The molecule has 0 radical (unpaired) electrons. The van der Waals surface area contributed by atoms with Crippen LogP contribution in [-0.4, -0.2) is 20.9 Å². The first-order valence-electron chi connectivity index (χ1n) is 6.34. The van der Waals surface area contributed by atoms with E-state index >= 15 is 0 Å². The Bertz CT molecular complexity index is 804. The highest BCUT2D eigenvalue weighted by Crippen LogP contribution is 2.38. The molecule has 2 aromatic rings. The van der Waals surface area contributed by atoms with Crippen molar-refractivity contribution in [3.05, 3.63) is 73.3 Å². The van der Waals surface area contributed by atoms with Crippen LogP contribution in [0.25, 0.3) is 0 Å². The maximum Gasteiger partial charge on any atom is 0.336 e. The molecular formula is C14H11N3O6. The Kier molecular flexibility index (Phi) is 4.21. The molecule has 0 heterocycles. The van der Waals surface area contributed by atoms with Crippen molar-refractivity contribution in [2.24, 2.45) is 0 Å². The van der Waals surface area contributed by atoms with E-state index in [4.69, 9.17) is 5.73 Å². The van der Waals surface area contributed by atoms with E-state index in [0.717, 1.165) is 6.07 Å². The minimum atomic E-state index is -1.50. The van der Waals surface area contributed by atoms with E-state index < -0.39 is 38.4 Å². The maximum absolute atomic E-state index is 11.4. The first-order valence-corrected chi connectivity index (χ1v) is 6.34. The topological polar surface area (TPSA) is 150 Å². The number of nitro benzene ring substituents is 2. The van der Waals surface area contributed by atoms with Gasteiger partial charge in [0.2, 0.25) is 0 Å². The molecule has 2 aromatic carbocycles. The molecular weight excluding hydrogens is 306 g/mol. The van der Waals surface area contributed by atoms with E-state index in [9.17, 15) is 30.1 Å². The SMILES string of the molecule is Nc1c([N+](=O)[O-])cc(C(=O)O)c(Cc2ccccc2)c1[N+](=O)[O-]. The fraction of sp³-hybridized carbons (Fsp3) is 0.0714. The summed E-state index contributed by atoms with van der Waals surface area (Å²) in [5, 5.41) is 31.5. The first-order chi connectivity index (χ1) is 10.8. The third-order valence-corrected chi connectivity index (χ3v) is 3.26. The third-order valence-electron chi connectivity index (χ3n) is 3.26. The van der Waals surface area contributed by atoms with Crippen LogP contribution in [0, 0.1) is 20.2 Å². The normalized spacial score (nSPS) is 10.3. The Hall–Kier alpha value is -3.49. The number of nitrogen functional groups attached to an aromatic ring is 1. The van der Waals surface area contributed by atoms with E-state index in [1.807, 2.05) is 0 Å². The van der Waals surface area contributed by atoms with Crippen LogP contribution in [0.1, 0.15) is 21.5 Å². The van der Waals surface area contributed by atoms with Crippen molar-refractivity contribution in [2.45, 2.75) is 6.42 Å². The second-order valence-corrected chi connectivity index (χ2v) is 4.67. The number of anilines is 1. The number of benzene rings is 2. The standard InChI is InChI=1S/C14H11N3O6/c15-12-11(16(20)21)7-10(14(18)19)9(13(12)17(22)23)6-8-4-2-1-3-5-8/h1-5,7H,6,15H2,(H,18,19). The molecule has 0 aliphatic carbocycles. The van der Waals surface area contributed by atoms with Gasteiger partial charge in [-0.15, -0.1) is 0 Å². The number of rotatable bonds is 5. The van der Waals surface area contributed by atoms with E-state index in [1.54, 1.807) is 30.3 Å². The van der Waals surface area contributed by atoms with Crippen LogP contribution in [0.5, 0.6) is 0 Å². The van der Waals surface area contributed by atoms with E-state index in [0.29, 0.717) is 5.56 Å². The molecule has 0 fully saturated rings. The third kappa shape index (κ3) is 3.07. The zero-order chi connectivity index (χ0) is 17.1. The monoisotopic (exact) mass is 317 g/mol. The molecule has 9 nitrogen and oxygen atoms in total. The van der Waals surface area contributed by atoms with Gasteiger partial charge >= 0.3 is 11.7 Å². The second kappa shape index (κ2) is 6.10. The predicted octanol–water partition coefficient (Wildman–Crippen LogP) is 2.37. The predicted molar refractivity (Wildman–Crippen MR) is 80.4 cm³/mol. The van der Waals surface area contributed by atoms with Crippen molar-refractivity contribution in [3.63, 3.8) is 0 Å². The van der Waals surface area contributed by atoms with Gasteiger partial charge in [-0.3, -0.25) is 20.2 Å². The van der Waals surface area contributed by atoms with Gasteiger partial charge in [0, 0.05) is 12.5 Å². The lowest BCUT2D eigenvalue weighted by molar-refractivity contribution is -0.392. The van der Waals surface area contributed by atoms with Crippen molar-refractivity contribution in [1.82, 2.24) is 0 Å². The quantitative estimate of drug-likeness (QED) is 0.488. The maximum atomic E-state index is 11.4. The Morgan fingerprint density at radius 1 is 1.13 bits per heavy atom. The lowest BCUT2D eigenvalue weighted by Gasteiger charge is -2.10. The fourth-order valence-electron chi connectivity index (χ4n) is 2.24. The Balaban J connectivity index is 2.76. The first kappa shape index (κ1) is 15.9. The molecule has 118 valence electrons. The van der Waals surface area contributed by atoms with Crippen LogP contribution in [0.2, 0.25) is 0 Å². The highest BCUT2D eigenvalue weighted by atomic mass is 16.6. The zero-order valence-electron chi connectivity index (χ0n) is 11.6.